The summed E-state index contributed by atoms with van der Waals surface area (Å²) >= 11 is 0. The predicted octanol–water partition coefficient (Wildman–Crippen LogP) is 5.15. The van der Waals surface area contributed by atoms with E-state index >= 15 is 0 Å². The van der Waals surface area contributed by atoms with Gasteiger partial charge in [-0.3, -0.25) is 14.5 Å². The van der Waals surface area contributed by atoms with E-state index in [9.17, 15) is 14.7 Å². The maximum atomic E-state index is 13.2. The third-order valence-corrected chi connectivity index (χ3v) is 5.67. The fourth-order valence-corrected chi connectivity index (χ4v) is 4.22. The molecule has 1 unspecified atom stereocenters. The summed E-state index contributed by atoms with van der Waals surface area (Å²) in [7, 11) is 1.51. The van der Waals surface area contributed by atoms with Gasteiger partial charge in [0, 0.05) is 5.69 Å². The highest BCUT2D eigenvalue weighted by Crippen LogP contribution is 2.44. The molecule has 1 aromatic heterocycles. The summed E-state index contributed by atoms with van der Waals surface area (Å²) in [5.74, 6) is -0.309. The van der Waals surface area contributed by atoms with Crippen LogP contribution in [-0.4, -0.2) is 23.9 Å². The predicted molar refractivity (Wildman–Crippen MR) is 122 cm³/mol. The zero-order chi connectivity index (χ0) is 23.2. The minimum Gasteiger partial charge on any atom is -0.507 e. The van der Waals surface area contributed by atoms with Crippen LogP contribution in [0.1, 0.15) is 39.8 Å². The van der Waals surface area contributed by atoms with Crippen LogP contribution < -0.4 is 9.64 Å². The summed E-state index contributed by atoms with van der Waals surface area (Å²) in [5, 5.41) is 11.4. The fourth-order valence-electron chi connectivity index (χ4n) is 4.22. The number of rotatable bonds is 4. The Hall–Kier alpha value is -3.80. The van der Waals surface area contributed by atoms with Gasteiger partial charge in [0.05, 0.1) is 18.2 Å². The number of aryl methyl sites for hydroxylation is 4. The summed E-state index contributed by atoms with van der Waals surface area (Å²) in [6.45, 7) is 7.48. The summed E-state index contributed by atoms with van der Waals surface area (Å²) in [5.41, 5.74) is 3.60. The molecule has 1 amide bonds. The van der Waals surface area contributed by atoms with Gasteiger partial charge in [0.15, 0.2) is 0 Å². The molecule has 0 radical (unpaired) electrons. The molecule has 164 valence electrons. The molecule has 0 bridgehead atoms. The number of ether oxygens (including phenoxy) is 1. The van der Waals surface area contributed by atoms with Gasteiger partial charge in [-0.05, 0) is 69.2 Å². The van der Waals surface area contributed by atoms with Crippen LogP contribution in [0, 0.1) is 27.7 Å². The average molecular weight is 431 g/mol. The van der Waals surface area contributed by atoms with E-state index in [0.717, 1.165) is 16.7 Å². The summed E-state index contributed by atoms with van der Waals surface area (Å²) in [6.07, 6.45) is 0. The number of Topliss-reactive ketones (excluding diaryl/α,β-unsaturated/α-hetero) is 1. The van der Waals surface area contributed by atoms with Crippen molar-refractivity contribution in [3.05, 3.63) is 87.9 Å². The molecule has 1 fully saturated rings. The number of methoxy groups -OCH3 is 1. The van der Waals surface area contributed by atoms with E-state index in [1.807, 2.05) is 39.0 Å². The van der Waals surface area contributed by atoms with Crippen molar-refractivity contribution >= 4 is 23.1 Å². The Bertz CT molecular complexity index is 1250. The molecular formula is C26H25NO5. The first-order valence-electron chi connectivity index (χ1n) is 10.3. The summed E-state index contributed by atoms with van der Waals surface area (Å²) in [6, 6.07) is 13.5. The number of amides is 1. The number of aliphatic hydroxyl groups is 1. The molecule has 32 heavy (non-hydrogen) atoms. The van der Waals surface area contributed by atoms with Crippen molar-refractivity contribution in [3.8, 4) is 5.75 Å². The molecule has 0 aliphatic carbocycles. The Morgan fingerprint density at radius 3 is 2.25 bits per heavy atom. The number of anilines is 1. The number of nitrogens with zero attached hydrogens (tertiary/aromatic N) is 1. The zero-order valence-corrected chi connectivity index (χ0v) is 18.7. The Kier molecular flexibility index (Phi) is 5.38. The maximum absolute atomic E-state index is 13.2. The van der Waals surface area contributed by atoms with Gasteiger partial charge in [-0.1, -0.05) is 23.8 Å². The van der Waals surface area contributed by atoms with E-state index in [2.05, 4.69) is 0 Å². The number of hydrogen-bond donors (Lipinski definition) is 1. The van der Waals surface area contributed by atoms with Crippen LogP contribution in [0.5, 0.6) is 5.75 Å². The lowest BCUT2D eigenvalue weighted by Gasteiger charge is -2.24. The van der Waals surface area contributed by atoms with Crippen LogP contribution >= 0.6 is 0 Å². The Balaban J connectivity index is 1.99. The largest absolute Gasteiger partial charge is 0.507 e. The zero-order valence-electron chi connectivity index (χ0n) is 18.7. The van der Waals surface area contributed by atoms with Gasteiger partial charge >= 0.3 is 0 Å². The van der Waals surface area contributed by atoms with Crippen LogP contribution in [0.3, 0.4) is 0 Å². The SMILES string of the molecule is COc1c(C)cc(C)cc1/C(O)=C1\C(=O)C(=O)N(c2ccc(C)cc2)C1c1ccc(C)o1. The quantitative estimate of drug-likeness (QED) is 0.351. The second-order valence-corrected chi connectivity index (χ2v) is 8.12. The molecule has 1 N–H and O–H groups in total. The Labute approximate surface area is 186 Å². The molecule has 0 saturated carbocycles. The minimum atomic E-state index is -0.906. The second-order valence-electron chi connectivity index (χ2n) is 8.12. The smallest absolute Gasteiger partial charge is 0.300 e. The standard InChI is InChI=1S/C26H25NO5/c1-14-6-9-18(10-7-14)27-22(20-11-8-17(4)32-20)21(24(29)26(27)30)23(28)19-13-15(2)12-16(3)25(19)31-5/h6-13,22,28H,1-5H3/b23-21+. The van der Waals surface area contributed by atoms with E-state index in [-0.39, 0.29) is 11.3 Å². The first-order valence-corrected chi connectivity index (χ1v) is 10.3. The lowest BCUT2D eigenvalue weighted by molar-refractivity contribution is -0.132. The van der Waals surface area contributed by atoms with Crippen molar-refractivity contribution in [2.24, 2.45) is 0 Å². The van der Waals surface area contributed by atoms with Crippen LogP contribution in [0.4, 0.5) is 5.69 Å². The maximum Gasteiger partial charge on any atom is 0.300 e. The third-order valence-electron chi connectivity index (χ3n) is 5.67. The van der Waals surface area contributed by atoms with Crippen molar-refractivity contribution in [1.82, 2.24) is 0 Å². The van der Waals surface area contributed by atoms with Crippen molar-refractivity contribution in [2.45, 2.75) is 33.7 Å². The molecule has 1 aliphatic heterocycles. The first-order chi connectivity index (χ1) is 15.2. The molecule has 2 aromatic carbocycles. The number of benzene rings is 2. The van der Waals surface area contributed by atoms with Gasteiger partial charge < -0.3 is 14.3 Å². The second kappa shape index (κ2) is 8.04. The van der Waals surface area contributed by atoms with Crippen molar-refractivity contribution in [3.63, 3.8) is 0 Å². The van der Waals surface area contributed by atoms with E-state index < -0.39 is 17.7 Å². The Morgan fingerprint density at radius 1 is 0.969 bits per heavy atom. The highest BCUT2D eigenvalue weighted by molar-refractivity contribution is 6.51. The number of hydrogen-bond acceptors (Lipinski definition) is 5. The third kappa shape index (κ3) is 3.47. The normalized spacial score (nSPS) is 17.8. The molecular weight excluding hydrogens is 406 g/mol. The lowest BCUT2D eigenvalue weighted by Crippen LogP contribution is -2.29. The van der Waals surface area contributed by atoms with Gasteiger partial charge in [-0.25, -0.2) is 0 Å². The molecule has 0 spiro atoms. The molecule has 1 saturated heterocycles. The van der Waals surface area contributed by atoms with Gasteiger partial charge in [0.2, 0.25) is 0 Å². The molecule has 6 nitrogen and oxygen atoms in total. The topological polar surface area (TPSA) is 80.0 Å². The minimum absolute atomic E-state index is 0.0341. The van der Waals surface area contributed by atoms with Crippen LogP contribution in [-0.2, 0) is 9.59 Å². The number of ketones is 1. The van der Waals surface area contributed by atoms with Crippen molar-refractivity contribution in [2.75, 3.05) is 12.0 Å². The van der Waals surface area contributed by atoms with Crippen molar-refractivity contribution in [1.29, 1.82) is 0 Å². The number of carbonyl (C=O) groups excluding carboxylic acids is 2. The summed E-state index contributed by atoms with van der Waals surface area (Å²) < 4.78 is 11.4. The van der Waals surface area contributed by atoms with Gasteiger partial charge in [-0.15, -0.1) is 0 Å². The number of aliphatic hydroxyl groups excluding tert-OH is 1. The monoisotopic (exact) mass is 431 g/mol. The molecule has 6 heteroatoms. The first kappa shape index (κ1) is 21.4. The molecule has 4 rings (SSSR count). The molecule has 1 atom stereocenters. The fraction of sp³-hybridized carbons (Fsp3) is 0.231. The Morgan fingerprint density at radius 2 is 1.66 bits per heavy atom. The van der Waals surface area contributed by atoms with Crippen LogP contribution in [0.15, 0.2) is 58.5 Å². The van der Waals surface area contributed by atoms with E-state index in [0.29, 0.717) is 28.5 Å². The lowest BCUT2D eigenvalue weighted by atomic mass is 9.96. The molecule has 2 heterocycles. The van der Waals surface area contributed by atoms with Gasteiger partial charge in [0.1, 0.15) is 29.1 Å². The van der Waals surface area contributed by atoms with Crippen molar-refractivity contribution < 1.29 is 23.8 Å². The van der Waals surface area contributed by atoms with E-state index in [1.54, 1.807) is 37.3 Å². The van der Waals surface area contributed by atoms with E-state index in [4.69, 9.17) is 9.15 Å². The van der Waals surface area contributed by atoms with Crippen LogP contribution in [0.25, 0.3) is 5.76 Å². The average Bonchev–Trinajstić information content (AvgIpc) is 3.29. The van der Waals surface area contributed by atoms with E-state index in [1.165, 1.54) is 12.0 Å². The highest BCUT2D eigenvalue weighted by Gasteiger charge is 2.48. The highest BCUT2D eigenvalue weighted by atomic mass is 16.5. The summed E-state index contributed by atoms with van der Waals surface area (Å²) in [4.78, 5) is 27.8. The number of carbonyl (C=O) groups is 2. The van der Waals surface area contributed by atoms with Crippen LogP contribution in [0.2, 0.25) is 0 Å². The van der Waals surface area contributed by atoms with Gasteiger partial charge in [0.25, 0.3) is 11.7 Å². The van der Waals surface area contributed by atoms with Gasteiger partial charge in [-0.2, -0.15) is 0 Å². The molecule has 3 aromatic rings. The molecule has 1 aliphatic rings. The number of furan rings is 1.